The third-order valence-corrected chi connectivity index (χ3v) is 10.5. The summed E-state index contributed by atoms with van der Waals surface area (Å²) in [5.41, 5.74) is 1.17. The molecule has 2 heterocycles. The van der Waals surface area contributed by atoms with Crippen molar-refractivity contribution in [2.45, 2.75) is 167 Å². The van der Waals surface area contributed by atoms with Crippen molar-refractivity contribution in [3.8, 4) is 0 Å². The van der Waals surface area contributed by atoms with Gasteiger partial charge in [-0.2, -0.15) is 0 Å². The minimum absolute atomic E-state index is 0.0750. The number of methoxy groups -OCH3 is 2. The maximum atomic E-state index is 12.4. The number of hydrogen-bond donors (Lipinski definition) is 3. The van der Waals surface area contributed by atoms with Gasteiger partial charge in [0.1, 0.15) is 12.9 Å². The Morgan fingerprint density at radius 3 is 2.31 bits per heavy atom. The highest BCUT2D eigenvalue weighted by atomic mass is 16.8. The Morgan fingerprint density at radius 1 is 0.963 bits per heavy atom. The fourth-order valence-corrected chi connectivity index (χ4v) is 7.48. The van der Waals surface area contributed by atoms with Crippen LogP contribution in [0.4, 0.5) is 0 Å². The van der Waals surface area contributed by atoms with Gasteiger partial charge >= 0.3 is 5.97 Å². The number of carboxylic acids is 1. The van der Waals surface area contributed by atoms with E-state index in [0.29, 0.717) is 57.3 Å². The molecule has 3 N–H and O–H groups in total. The third kappa shape index (κ3) is 18.8. The van der Waals surface area contributed by atoms with Crippen molar-refractivity contribution in [1.29, 1.82) is 0 Å². The van der Waals surface area contributed by atoms with Gasteiger partial charge in [-0.15, -0.1) is 0 Å². The molecule has 0 unspecified atom stereocenters. The van der Waals surface area contributed by atoms with E-state index in [1.54, 1.807) is 21.1 Å². The number of hydrogen-bond acceptors (Lipinski definition) is 10. The molecule has 0 saturated carbocycles. The van der Waals surface area contributed by atoms with Crippen LogP contribution in [0.5, 0.6) is 0 Å². The summed E-state index contributed by atoms with van der Waals surface area (Å²) in [5, 5.41) is 22.1. The van der Waals surface area contributed by atoms with Crippen LogP contribution in [0.15, 0.2) is 23.8 Å². The van der Waals surface area contributed by atoms with Gasteiger partial charge in [-0.3, -0.25) is 9.59 Å². The molecule has 0 aliphatic carbocycles. The molecule has 54 heavy (non-hydrogen) atoms. The molecule has 0 radical (unpaired) electrons. The Hall–Kier alpha value is -1.90. The van der Waals surface area contributed by atoms with Crippen LogP contribution in [0, 0.1) is 17.8 Å². The molecule has 2 aliphatic rings. The van der Waals surface area contributed by atoms with Crippen LogP contribution in [-0.4, -0.2) is 105 Å². The topological polar surface area (TPSA) is 151 Å². The van der Waals surface area contributed by atoms with E-state index in [1.807, 2.05) is 20.8 Å². The van der Waals surface area contributed by atoms with Crippen LogP contribution in [-0.2, 0) is 42.7 Å². The van der Waals surface area contributed by atoms with E-state index in [4.69, 9.17) is 33.2 Å². The normalized spacial score (nSPS) is 22.6. The number of carbonyl (C=O) groups is 2. The molecule has 0 spiro atoms. The summed E-state index contributed by atoms with van der Waals surface area (Å²) in [5.74, 6) is -1.85. The first-order chi connectivity index (χ1) is 25.8. The van der Waals surface area contributed by atoms with Gasteiger partial charge in [0.15, 0.2) is 11.6 Å². The second-order valence-electron chi connectivity index (χ2n) is 15.9. The van der Waals surface area contributed by atoms with E-state index in [9.17, 15) is 19.8 Å². The van der Waals surface area contributed by atoms with Crippen molar-refractivity contribution in [3.05, 3.63) is 23.8 Å². The minimum Gasteiger partial charge on any atom is -0.481 e. The van der Waals surface area contributed by atoms with Gasteiger partial charge in [0.05, 0.1) is 44.1 Å². The number of allylic oxidation sites excluding steroid dienone is 3. The smallest absolute Gasteiger partial charge is 0.306 e. The van der Waals surface area contributed by atoms with Crippen LogP contribution < -0.4 is 5.32 Å². The fraction of sp³-hybridized carbons (Fsp3) is 0.857. The second-order valence-corrected chi connectivity index (χ2v) is 15.9. The van der Waals surface area contributed by atoms with Crippen LogP contribution in [0.1, 0.15) is 131 Å². The largest absolute Gasteiger partial charge is 0.481 e. The summed E-state index contributed by atoms with van der Waals surface area (Å²) in [6.45, 7) is 14.0. The number of rotatable bonds is 30. The van der Waals surface area contributed by atoms with E-state index in [1.165, 1.54) is 5.57 Å². The quantitative estimate of drug-likeness (QED) is 0.0383. The van der Waals surface area contributed by atoms with E-state index in [-0.39, 0.29) is 37.6 Å². The van der Waals surface area contributed by atoms with Crippen molar-refractivity contribution in [2.24, 2.45) is 17.8 Å². The summed E-state index contributed by atoms with van der Waals surface area (Å²) in [6.07, 6.45) is 16.5. The number of carboxylic acid groups (broad SMARTS) is 1. The summed E-state index contributed by atoms with van der Waals surface area (Å²) >= 11 is 0. The number of aliphatic hydroxyl groups is 1. The lowest BCUT2D eigenvalue weighted by Crippen LogP contribution is -2.42. The van der Waals surface area contributed by atoms with Gasteiger partial charge in [-0.25, -0.2) is 0 Å². The molecule has 12 nitrogen and oxygen atoms in total. The van der Waals surface area contributed by atoms with E-state index in [2.05, 4.69) is 37.4 Å². The van der Waals surface area contributed by atoms with Crippen molar-refractivity contribution in [2.75, 3.05) is 47.4 Å². The lowest BCUT2D eigenvalue weighted by molar-refractivity contribution is -0.169. The molecule has 2 saturated heterocycles. The number of carbonyl (C=O) groups excluding carboxylic acids is 1. The Balaban J connectivity index is 1.91. The lowest BCUT2D eigenvalue weighted by atomic mass is 9.91. The van der Waals surface area contributed by atoms with Gasteiger partial charge in [0, 0.05) is 40.0 Å². The zero-order chi connectivity index (χ0) is 40.0. The molecule has 2 aliphatic heterocycles. The fourth-order valence-electron chi connectivity index (χ4n) is 7.48. The SMILES string of the molecule is CCC[C@H](O)C(=O)NC[C@H](C[C@@H]1OC(C)(C)O[C@@H]1CC/C(=C/C=C/[C@H](CC)CCCC1(CCCC[C@@H](C)C[C@H](C)C(=O)O)OCCO1)COC)OCOC. The number of aliphatic carboxylic acids is 1. The van der Waals surface area contributed by atoms with Gasteiger partial charge in [-0.05, 0) is 82.6 Å². The van der Waals surface area contributed by atoms with Crippen LogP contribution in [0.2, 0.25) is 0 Å². The molecule has 7 atom stereocenters. The highest BCUT2D eigenvalue weighted by Gasteiger charge is 2.42. The van der Waals surface area contributed by atoms with Gasteiger partial charge in [0.25, 0.3) is 0 Å². The molecule has 2 rings (SSSR count). The maximum Gasteiger partial charge on any atom is 0.306 e. The second kappa shape index (κ2) is 26.1. The van der Waals surface area contributed by atoms with Crippen molar-refractivity contribution in [3.63, 3.8) is 0 Å². The molecule has 0 bridgehead atoms. The van der Waals surface area contributed by atoms with Crippen LogP contribution in [0.25, 0.3) is 0 Å². The number of amides is 1. The zero-order valence-corrected chi connectivity index (χ0v) is 34.8. The van der Waals surface area contributed by atoms with Crippen molar-refractivity contribution >= 4 is 11.9 Å². The monoisotopic (exact) mass is 770 g/mol. The Morgan fingerprint density at radius 2 is 1.67 bits per heavy atom. The van der Waals surface area contributed by atoms with Crippen molar-refractivity contribution in [1.82, 2.24) is 5.32 Å². The standard InChI is InChI=1S/C42H75NO11/c1-9-15-36(44)39(45)43-28-35(50-30-49-8)27-38-37(53-41(5,6)54-38)21-20-34(29-48-7)18-13-17-33(10-2)19-14-23-42(51-24-25-52-42)22-12-11-16-31(3)26-32(4)40(46)47/h13,17-18,31-33,35-38,44H,9-12,14-16,19-30H2,1-8H3,(H,43,45)(H,46,47)/b17-13+,34-18-/t31-,32+,33+,35+,36+,37-,38+/m1/s1. The number of unbranched alkanes of at least 4 members (excludes halogenated alkanes) is 1. The van der Waals surface area contributed by atoms with E-state index < -0.39 is 29.6 Å². The Bertz CT molecular complexity index is 1110. The molecule has 2 fully saturated rings. The summed E-state index contributed by atoms with van der Waals surface area (Å²) < 4.78 is 41.6. The first-order valence-electron chi connectivity index (χ1n) is 20.5. The predicted molar refractivity (Wildman–Crippen MR) is 209 cm³/mol. The number of aliphatic hydroxyl groups excluding tert-OH is 1. The molecule has 0 aromatic rings. The maximum absolute atomic E-state index is 12.4. The predicted octanol–water partition coefficient (Wildman–Crippen LogP) is 7.32. The third-order valence-electron chi connectivity index (χ3n) is 10.5. The summed E-state index contributed by atoms with van der Waals surface area (Å²) in [6, 6.07) is 0. The molecule has 1 amide bonds. The summed E-state index contributed by atoms with van der Waals surface area (Å²) in [4.78, 5) is 23.6. The average Bonchev–Trinajstić information content (AvgIpc) is 3.71. The first-order valence-corrected chi connectivity index (χ1v) is 20.5. The molecular weight excluding hydrogens is 694 g/mol. The van der Waals surface area contributed by atoms with Crippen LogP contribution >= 0.6 is 0 Å². The molecule has 12 heteroatoms. The van der Waals surface area contributed by atoms with E-state index in [0.717, 1.165) is 64.2 Å². The molecule has 314 valence electrons. The molecule has 0 aromatic heterocycles. The van der Waals surface area contributed by atoms with Gasteiger partial charge in [0.2, 0.25) is 5.91 Å². The lowest BCUT2D eigenvalue weighted by Gasteiger charge is -2.28. The summed E-state index contributed by atoms with van der Waals surface area (Å²) in [7, 11) is 3.26. The Kier molecular flexibility index (Phi) is 23.3. The number of ether oxygens (including phenoxy) is 7. The van der Waals surface area contributed by atoms with Gasteiger partial charge in [-0.1, -0.05) is 65.2 Å². The average molecular weight is 770 g/mol. The Labute approximate surface area is 326 Å². The first kappa shape index (κ1) is 48.2. The molecular formula is C42H75NO11. The highest BCUT2D eigenvalue weighted by molar-refractivity contribution is 5.80. The van der Waals surface area contributed by atoms with Crippen LogP contribution in [0.3, 0.4) is 0 Å². The van der Waals surface area contributed by atoms with Crippen molar-refractivity contribution < 1.29 is 53.0 Å². The minimum atomic E-state index is -1.04. The molecule has 0 aromatic carbocycles. The van der Waals surface area contributed by atoms with E-state index >= 15 is 0 Å². The van der Waals surface area contributed by atoms with Gasteiger partial charge < -0.3 is 48.7 Å². The zero-order valence-electron chi connectivity index (χ0n) is 34.8. The number of nitrogens with one attached hydrogen (secondary N) is 1. The highest BCUT2D eigenvalue weighted by Crippen LogP contribution is 2.35.